The molecule has 0 saturated carbocycles. The minimum atomic E-state index is -0.652. The van der Waals surface area contributed by atoms with Crippen LogP contribution in [0.1, 0.15) is 32.8 Å². The number of aliphatic hydroxyl groups is 1. The standard InChI is InChI=1S/C15H25NO2/c1-5-12(2)15(3,17)11-16-10-13-6-8-14(18-4)9-7-13/h6-9,12,16-17H,5,10-11H2,1-4H3. The van der Waals surface area contributed by atoms with Crippen LogP contribution in [0.25, 0.3) is 0 Å². The molecule has 0 spiro atoms. The van der Waals surface area contributed by atoms with Gasteiger partial charge in [-0.05, 0) is 30.5 Å². The van der Waals surface area contributed by atoms with Gasteiger partial charge in [-0.25, -0.2) is 0 Å². The second-order valence-corrected chi connectivity index (χ2v) is 5.12. The average molecular weight is 251 g/mol. The maximum Gasteiger partial charge on any atom is 0.118 e. The van der Waals surface area contributed by atoms with Crippen molar-refractivity contribution in [2.45, 2.75) is 39.3 Å². The highest BCUT2D eigenvalue weighted by molar-refractivity contribution is 5.26. The van der Waals surface area contributed by atoms with Crippen molar-refractivity contribution in [3.63, 3.8) is 0 Å². The summed E-state index contributed by atoms with van der Waals surface area (Å²) in [4.78, 5) is 0. The Morgan fingerprint density at radius 1 is 1.33 bits per heavy atom. The smallest absolute Gasteiger partial charge is 0.118 e. The highest BCUT2D eigenvalue weighted by Crippen LogP contribution is 2.19. The second-order valence-electron chi connectivity index (χ2n) is 5.12. The van der Waals surface area contributed by atoms with E-state index in [0.29, 0.717) is 12.5 Å². The highest BCUT2D eigenvalue weighted by atomic mass is 16.5. The fourth-order valence-corrected chi connectivity index (χ4v) is 1.82. The van der Waals surface area contributed by atoms with Crippen LogP contribution in [0.4, 0.5) is 0 Å². The summed E-state index contributed by atoms with van der Waals surface area (Å²) < 4.78 is 5.11. The van der Waals surface area contributed by atoms with Gasteiger partial charge in [-0.3, -0.25) is 0 Å². The number of ether oxygens (including phenoxy) is 1. The molecule has 3 nitrogen and oxygen atoms in total. The summed E-state index contributed by atoms with van der Waals surface area (Å²) in [5.74, 6) is 1.16. The minimum absolute atomic E-state index is 0.292. The molecular weight excluding hydrogens is 226 g/mol. The van der Waals surface area contributed by atoms with E-state index < -0.39 is 5.60 Å². The van der Waals surface area contributed by atoms with E-state index in [-0.39, 0.29) is 0 Å². The van der Waals surface area contributed by atoms with Crippen molar-refractivity contribution >= 4 is 0 Å². The third kappa shape index (κ3) is 4.31. The van der Waals surface area contributed by atoms with Gasteiger partial charge in [-0.2, -0.15) is 0 Å². The first kappa shape index (κ1) is 15.0. The molecule has 0 aliphatic carbocycles. The number of benzene rings is 1. The van der Waals surface area contributed by atoms with E-state index in [1.54, 1.807) is 7.11 Å². The van der Waals surface area contributed by atoms with Crippen LogP contribution in [0, 0.1) is 5.92 Å². The first-order chi connectivity index (χ1) is 8.49. The van der Waals surface area contributed by atoms with Crippen LogP contribution < -0.4 is 10.1 Å². The van der Waals surface area contributed by atoms with E-state index in [9.17, 15) is 5.11 Å². The van der Waals surface area contributed by atoms with Crippen molar-refractivity contribution in [2.75, 3.05) is 13.7 Å². The molecule has 0 aliphatic heterocycles. The molecule has 2 atom stereocenters. The highest BCUT2D eigenvalue weighted by Gasteiger charge is 2.26. The van der Waals surface area contributed by atoms with Crippen molar-refractivity contribution in [3.05, 3.63) is 29.8 Å². The molecule has 1 rings (SSSR count). The van der Waals surface area contributed by atoms with Gasteiger partial charge in [-0.15, -0.1) is 0 Å². The predicted molar refractivity (Wildman–Crippen MR) is 74.8 cm³/mol. The number of hydrogen-bond acceptors (Lipinski definition) is 3. The molecule has 1 aromatic carbocycles. The van der Waals surface area contributed by atoms with Gasteiger partial charge in [0, 0.05) is 13.1 Å². The van der Waals surface area contributed by atoms with Crippen LogP contribution in [0.2, 0.25) is 0 Å². The molecule has 0 aromatic heterocycles. The summed E-state index contributed by atoms with van der Waals surface area (Å²) >= 11 is 0. The molecular formula is C15H25NO2. The maximum absolute atomic E-state index is 10.3. The monoisotopic (exact) mass is 251 g/mol. The van der Waals surface area contributed by atoms with Crippen LogP contribution in [0.15, 0.2) is 24.3 Å². The summed E-state index contributed by atoms with van der Waals surface area (Å²) in [6.45, 7) is 7.43. The topological polar surface area (TPSA) is 41.5 Å². The Labute approximate surface area is 110 Å². The van der Waals surface area contributed by atoms with Gasteiger partial charge in [0.25, 0.3) is 0 Å². The zero-order valence-corrected chi connectivity index (χ0v) is 11.9. The van der Waals surface area contributed by atoms with Crippen molar-refractivity contribution in [2.24, 2.45) is 5.92 Å². The first-order valence-corrected chi connectivity index (χ1v) is 6.55. The Bertz CT molecular complexity index is 346. The van der Waals surface area contributed by atoms with Gasteiger partial charge in [0.05, 0.1) is 12.7 Å². The normalized spacial score (nSPS) is 16.1. The van der Waals surface area contributed by atoms with E-state index >= 15 is 0 Å². The summed E-state index contributed by atoms with van der Waals surface area (Å²) in [5, 5.41) is 13.6. The molecule has 0 amide bonds. The molecule has 0 heterocycles. The number of nitrogens with one attached hydrogen (secondary N) is 1. The minimum Gasteiger partial charge on any atom is -0.497 e. The predicted octanol–water partition coefficient (Wildman–Crippen LogP) is 2.58. The fourth-order valence-electron chi connectivity index (χ4n) is 1.82. The SMILES string of the molecule is CCC(C)C(C)(O)CNCc1ccc(OC)cc1. The Morgan fingerprint density at radius 3 is 2.44 bits per heavy atom. The Kier molecular flexibility index (Phi) is 5.63. The van der Waals surface area contributed by atoms with Gasteiger partial charge in [0.1, 0.15) is 5.75 Å². The number of hydrogen-bond donors (Lipinski definition) is 2. The third-order valence-corrected chi connectivity index (χ3v) is 3.65. The van der Waals surface area contributed by atoms with E-state index in [4.69, 9.17) is 4.74 Å². The van der Waals surface area contributed by atoms with Crippen molar-refractivity contribution in [1.82, 2.24) is 5.32 Å². The average Bonchev–Trinajstić information content (AvgIpc) is 2.38. The molecule has 2 N–H and O–H groups in total. The number of methoxy groups -OCH3 is 1. The van der Waals surface area contributed by atoms with Gasteiger partial charge in [-0.1, -0.05) is 32.4 Å². The van der Waals surface area contributed by atoms with Gasteiger partial charge < -0.3 is 15.2 Å². The molecule has 2 unspecified atom stereocenters. The lowest BCUT2D eigenvalue weighted by molar-refractivity contribution is 0.00535. The number of rotatable bonds is 7. The zero-order valence-electron chi connectivity index (χ0n) is 11.9. The second kappa shape index (κ2) is 6.76. The van der Waals surface area contributed by atoms with E-state index in [0.717, 1.165) is 18.7 Å². The molecule has 3 heteroatoms. The Balaban J connectivity index is 2.41. The first-order valence-electron chi connectivity index (χ1n) is 6.55. The molecule has 102 valence electrons. The zero-order chi connectivity index (χ0) is 13.6. The van der Waals surface area contributed by atoms with Crippen molar-refractivity contribution in [1.29, 1.82) is 0 Å². The summed E-state index contributed by atoms with van der Waals surface area (Å²) in [7, 11) is 1.66. The Morgan fingerprint density at radius 2 is 1.94 bits per heavy atom. The lowest BCUT2D eigenvalue weighted by Gasteiger charge is -2.30. The quantitative estimate of drug-likeness (QED) is 0.782. The fraction of sp³-hybridized carbons (Fsp3) is 0.600. The van der Waals surface area contributed by atoms with Crippen LogP contribution in [0.5, 0.6) is 5.75 Å². The van der Waals surface area contributed by atoms with E-state index in [1.165, 1.54) is 5.56 Å². The third-order valence-electron chi connectivity index (χ3n) is 3.65. The lowest BCUT2D eigenvalue weighted by atomic mass is 9.88. The van der Waals surface area contributed by atoms with Gasteiger partial charge in [0.2, 0.25) is 0 Å². The summed E-state index contributed by atoms with van der Waals surface area (Å²) in [5.41, 5.74) is 0.539. The summed E-state index contributed by atoms with van der Waals surface area (Å²) in [6.07, 6.45) is 0.983. The van der Waals surface area contributed by atoms with Crippen molar-refractivity contribution in [3.8, 4) is 5.75 Å². The largest absolute Gasteiger partial charge is 0.497 e. The van der Waals surface area contributed by atoms with Crippen LogP contribution in [0.3, 0.4) is 0 Å². The molecule has 0 fully saturated rings. The molecule has 0 bridgehead atoms. The van der Waals surface area contributed by atoms with Gasteiger partial charge >= 0.3 is 0 Å². The molecule has 18 heavy (non-hydrogen) atoms. The van der Waals surface area contributed by atoms with E-state index in [1.807, 2.05) is 31.2 Å². The molecule has 0 saturated heterocycles. The van der Waals surface area contributed by atoms with Crippen LogP contribution in [-0.2, 0) is 6.54 Å². The van der Waals surface area contributed by atoms with Gasteiger partial charge in [0.15, 0.2) is 0 Å². The lowest BCUT2D eigenvalue weighted by Crippen LogP contribution is -2.42. The van der Waals surface area contributed by atoms with Crippen LogP contribution in [-0.4, -0.2) is 24.4 Å². The molecule has 0 aliphatic rings. The van der Waals surface area contributed by atoms with Crippen LogP contribution >= 0.6 is 0 Å². The summed E-state index contributed by atoms with van der Waals surface area (Å²) in [6, 6.07) is 7.96. The molecule has 0 radical (unpaired) electrons. The maximum atomic E-state index is 10.3. The molecule has 1 aromatic rings. The van der Waals surface area contributed by atoms with Crippen molar-refractivity contribution < 1.29 is 9.84 Å². The Hall–Kier alpha value is -1.06. The van der Waals surface area contributed by atoms with E-state index in [2.05, 4.69) is 19.2 Å².